The van der Waals surface area contributed by atoms with Crippen LogP contribution in [0, 0.1) is 12.7 Å². The number of hydrogen-bond acceptors (Lipinski definition) is 2. The second-order valence-corrected chi connectivity index (χ2v) is 5.23. The van der Waals surface area contributed by atoms with E-state index >= 15 is 0 Å². The van der Waals surface area contributed by atoms with Gasteiger partial charge >= 0.3 is 0 Å². The Balaban J connectivity index is 1.75. The normalized spacial score (nSPS) is 13.5. The first-order valence-electron chi connectivity index (χ1n) is 6.92. The highest BCUT2D eigenvalue weighted by molar-refractivity contribution is 5.94. The van der Waals surface area contributed by atoms with Crippen LogP contribution in [0.1, 0.15) is 23.1 Å². The van der Waals surface area contributed by atoms with Gasteiger partial charge < -0.3 is 10.1 Å². The number of anilines is 1. The molecule has 4 heteroatoms. The van der Waals surface area contributed by atoms with Crippen molar-refractivity contribution in [3.05, 3.63) is 58.9 Å². The first kappa shape index (κ1) is 13.6. The molecule has 0 radical (unpaired) electrons. The van der Waals surface area contributed by atoms with E-state index in [0.29, 0.717) is 18.8 Å². The molecule has 108 valence electrons. The summed E-state index contributed by atoms with van der Waals surface area (Å²) in [4.78, 5) is 11.4. The number of rotatable bonds is 3. The van der Waals surface area contributed by atoms with E-state index in [0.717, 1.165) is 28.8 Å². The van der Waals surface area contributed by atoms with Crippen LogP contribution in [-0.2, 0) is 17.8 Å². The van der Waals surface area contributed by atoms with Crippen LogP contribution in [-0.4, -0.2) is 5.91 Å². The van der Waals surface area contributed by atoms with Crippen LogP contribution in [0.4, 0.5) is 10.1 Å². The lowest BCUT2D eigenvalue weighted by molar-refractivity contribution is -0.116. The quantitative estimate of drug-likeness (QED) is 0.935. The fraction of sp³-hybridized carbons (Fsp3) is 0.235. The number of fused-ring (bicyclic) bond motifs is 1. The van der Waals surface area contributed by atoms with Gasteiger partial charge in [0, 0.05) is 18.2 Å². The largest absolute Gasteiger partial charge is 0.489 e. The molecular formula is C17H16FNO2. The van der Waals surface area contributed by atoms with Crippen molar-refractivity contribution in [3.63, 3.8) is 0 Å². The molecular weight excluding hydrogens is 269 g/mol. The van der Waals surface area contributed by atoms with E-state index in [1.54, 1.807) is 6.07 Å². The number of aryl methyl sites for hydroxylation is 2. The maximum atomic E-state index is 13.2. The van der Waals surface area contributed by atoms with Gasteiger partial charge in [0.2, 0.25) is 5.91 Å². The number of carbonyl (C=O) groups excluding carboxylic acids is 1. The van der Waals surface area contributed by atoms with E-state index < -0.39 is 0 Å². The van der Waals surface area contributed by atoms with Crippen LogP contribution in [0.5, 0.6) is 5.75 Å². The summed E-state index contributed by atoms with van der Waals surface area (Å²) in [5.74, 6) is 0.428. The fourth-order valence-electron chi connectivity index (χ4n) is 2.40. The summed E-state index contributed by atoms with van der Waals surface area (Å²) in [5.41, 5.74) is 3.73. The van der Waals surface area contributed by atoms with Crippen LogP contribution >= 0.6 is 0 Å². The SMILES string of the molecule is Cc1ccc(F)cc1COc1ccc2c(c1)NC(=O)CC2. The van der Waals surface area contributed by atoms with Crippen molar-refractivity contribution in [3.8, 4) is 5.75 Å². The van der Waals surface area contributed by atoms with Crippen molar-refractivity contribution in [1.29, 1.82) is 0 Å². The molecule has 1 aliphatic rings. The van der Waals surface area contributed by atoms with E-state index in [4.69, 9.17) is 4.74 Å². The van der Waals surface area contributed by atoms with Gasteiger partial charge in [-0.3, -0.25) is 4.79 Å². The zero-order valence-electron chi connectivity index (χ0n) is 11.8. The Morgan fingerprint density at radius 2 is 2.05 bits per heavy atom. The first-order chi connectivity index (χ1) is 10.1. The minimum Gasteiger partial charge on any atom is -0.489 e. The standard InChI is InChI=1S/C17H16FNO2/c1-11-2-5-14(18)8-13(11)10-21-15-6-3-12-4-7-17(20)19-16(12)9-15/h2-3,5-6,8-9H,4,7,10H2,1H3,(H,19,20). The molecule has 1 aliphatic heterocycles. The molecule has 0 fully saturated rings. The molecule has 0 saturated carbocycles. The van der Waals surface area contributed by atoms with E-state index in [1.165, 1.54) is 12.1 Å². The molecule has 2 aromatic rings. The molecule has 0 aliphatic carbocycles. The maximum Gasteiger partial charge on any atom is 0.224 e. The van der Waals surface area contributed by atoms with Gasteiger partial charge in [-0.1, -0.05) is 12.1 Å². The number of ether oxygens (including phenoxy) is 1. The second-order valence-electron chi connectivity index (χ2n) is 5.23. The molecule has 1 N–H and O–H groups in total. The van der Waals surface area contributed by atoms with Crippen LogP contribution in [0.2, 0.25) is 0 Å². The summed E-state index contributed by atoms with van der Waals surface area (Å²) < 4.78 is 18.9. The zero-order chi connectivity index (χ0) is 14.8. The first-order valence-corrected chi connectivity index (χ1v) is 6.92. The van der Waals surface area contributed by atoms with Gasteiger partial charge in [0.05, 0.1) is 0 Å². The predicted molar refractivity (Wildman–Crippen MR) is 78.9 cm³/mol. The van der Waals surface area contributed by atoms with E-state index in [-0.39, 0.29) is 11.7 Å². The summed E-state index contributed by atoms with van der Waals surface area (Å²) in [6.45, 7) is 2.22. The molecule has 0 aromatic heterocycles. The molecule has 21 heavy (non-hydrogen) atoms. The van der Waals surface area contributed by atoms with Gasteiger partial charge in [0.15, 0.2) is 0 Å². The van der Waals surface area contributed by atoms with Crippen LogP contribution in [0.25, 0.3) is 0 Å². The van der Waals surface area contributed by atoms with Gasteiger partial charge in [-0.2, -0.15) is 0 Å². The highest BCUT2D eigenvalue weighted by Crippen LogP contribution is 2.27. The van der Waals surface area contributed by atoms with E-state index in [9.17, 15) is 9.18 Å². The van der Waals surface area contributed by atoms with Crippen LogP contribution in [0.15, 0.2) is 36.4 Å². The highest BCUT2D eigenvalue weighted by atomic mass is 19.1. The second kappa shape index (κ2) is 5.56. The van der Waals surface area contributed by atoms with Crippen molar-refractivity contribution >= 4 is 11.6 Å². The molecule has 3 nitrogen and oxygen atoms in total. The van der Waals surface area contributed by atoms with Gasteiger partial charge in [0.1, 0.15) is 18.2 Å². The topological polar surface area (TPSA) is 38.3 Å². The third-order valence-corrected chi connectivity index (χ3v) is 3.68. The molecule has 0 spiro atoms. The van der Waals surface area contributed by atoms with Crippen molar-refractivity contribution in [2.24, 2.45) is 0 Å². The zero-order valence-corrected chi connectivity index (χ0v) is 11.8. The van der Waals surface area contributed by atoms with E-state index in [1.807, 2.05) is 25.1 Å². The molecule has 3 rings (SSSR count). The van der Waals surface area contributed by atoms with Crippen molar-refractivity contribution in [1.82, 2.24) is 0 Å². The molecule has 0 saturated heterocycles. The fourth-order valence-corrected chi connectivity index (χ4v) is 2.40. The number of halogens is 1. The van der Waals surface area contributed by atoms with Gasteiger partial charge in [-0.15, -0.1) is 0 Å². The Labute approximate surface area is 122 Å². The lowest BCUT2D eigenvalue weighted by Gasteiger charge is -2.18. The highest BCUT2D eigenvalue weighted by Gasteiger charge is 2.15. The molecule has 1 amide bonds. The van der Waals surface area contributed by atoms with Crippen molar-refractivity contribution in [2.45, 2.75) is 26.4 Å². The van der Waals surface area contributed by atoms with Gasteiger partial charge in [-0.05, 0) is 48.2 Å². The Morgan fingerprint density at radius 3 is 2.90 bits per heavy atom. The average Bonchev–Trinajstić information content (AvgIpc) is 2.47. The number of amides is 1. The molecule has 0 atom stereocenters. The summed E-state index contributed by atoms with van der Waals surface area (Å²) in [5, 5.41) is 2.84. The minimum atomic E-state index is -0.267. The average molecular weight is 285 g/mol. The maximum absolute atomic E-state index is 13.2. The molecule has 0 unspecified atom stereocenters. The minimum absolute atomic E-state index is 0.0284. The number of nitrogens with one attached hydrogen (secondary N) is 1. The van der Waals surface area contributed by atoms with Crippen molar-refractivity contribution in [2.75, 3.05) is 5.32 Å². The van der Waals surface area contributed by atoms with Crippen LogP contribution < -0.4 is 10.1 Å². The summed E-state index contributed by atoms with van der Waals surface area (Å²) >= 11 is 0. The number of hydrogen-bond donors (Lipinski definition) is 1. The number of benzene rings is 2. The molecule has 2 aromatic carbocycles. The summed E-state index contributed by atoms with van der Waals surface area (Å²) in [6, 6.07) is 10.3. The lowest BCUT2D eigenvalue weighted by atomic mass is 10.0. The van der Waals surface area contributed by atoms with Gasteiger partial charge in [-0.25, -0.2) is 4.39 Å². The monoisotopic (exact) mass is 285 g/mol. The predicted octanol–water partition coefficient (Wildman–Crippen LogP) is 3.60. The molecule has 1 heterocycles. The Kier molecular flexibility index (Phi) is 3.60. The Bertz CT molecular complexity index is 697. The van der Waals surface area contributed by atoms with E-state index in [2.05, 4.69) is 5.32 Å². The van der Waals surface area contributed by atoms with Crippen LogP contribution in [0.3, 0.4) is 0 Å². The lowest BCUT2D eigenvalue weighted by Crippen LogP contribution is -2.18. The smallest absolute Gasteiger partial charge is 0.224 e. The third kappa shape index (κ3) is 3.05. The third-order valence-electron chi connectivity index (χ3n) is 3.68. The Hall–Kier alpha value is -2.36. The molecule has 0 bridgehead atoms. The number of carbonyl (C=O) groups is 1. The van der Waals surface area contributed by atoms with Crippen molar-refractivity contribution < 1.29 is 13.9 Å². The Morgan fingerprint density at radius 1 is 1.19 bits per heavy atom. The summed E-state index contributed by atoms with van der Waals surface area (Å²) in [6.07, 6.45) is 1.28. The summed E-state index contributed by atoms with van der Waals surface area (Å²) in [7, 11) is 0. The van der Waals surface area contributed by atoms with Gasteiger partial charge in [0.25, 0.3) is 0 Å².